The molecule has 0 spiro atoms. The van der Waals surface area contributed by atoms with Crippen LogP contribution in [0.3, 0.4) is 0 Å². The molecule has 1 amide bonds. The van der Waals surface area contributed by atoms with Crippen LogP contribution >= 0.6 is 0 Å². The van der Waals surface area contributed by atoms with Gasteiger partial charge in [-0.2, -0.15) is 4.98 Å². The molecule has 2 aliphatic heterocycles. The van der Waals surface area contributed by atoms with Crippen molar-refractivity contribution >= 4 is 17.1 Å². The number of carbonyl (C=O) groups excluding carboxylic acids is 1. The van der Waals surface area contributed by atoms with Crippen LogP contribution in [0.4, 0.5) is 0 Å². The highest BCUT2D eigenvalue weighted by molar-refractivity contribution is 5.80. The minimum absolute atomic E-state index is 0.0357. The second-order valence-electron chi connectivity index (χ2n) is 8.14. The maximum atomic E-state index is 12.0. The number of hydrogen-bond acceptors (Lipinski definition) is 8. The molecule has 2 aromatic heterocycles. The zero-order valence-corrected chi connectivity index (χ0v) is 17.8. The number of nitrogens with zero attached hydrogens (tertiary/aromatic N) is 3. The molecular weight excluding hydrogens is 414 g/mol. The van der Waals surface area contributed by atoms with Crippen LogP contribution in [0.25, 0.3) is 22.5 Å². The first kappa shape index (κ1) is 20.7. The van der Waals surface area contributed by atoms with Gasteiger partial charge in [0, 0.05) is 44.2 Å². The van der Waals surface area contributed by atoms with Gasteiger partial charge in [0.2, 0.25) is 11.8 Å². The lowest BCUT2D eigenvalue weighted by Gasteiger charge is -2.30. The van der Waals surface area contributed by atoms with Crippen LogP contribution in [-0.4, -0.2) is 64.4 Å². The molecule has 1 atom stereocenters. The van der Waals surface area contributed by atoms with E-state index >= 15 is 0 Å². The maximum Gasteiger partial charge on any atom is 0.222 e. The van der Waals surface area contributed by atoms with Gasteiger partial charge in [-0.3, -0.25) is 4.79 Å². The van der Waals surface area contributed by atoms with E-state index in [1.165, 1.54) is 0 Å². The second kappa shape index (κ2) is 8.40. The number of oxazole rings is 1. The van der Waals surface area contributed by atoms with Gasteiger partial charge in [0.05, 0.1) is 31.4 Å². The summed E-state index contributed by atoms with van der Waals surface area (Å²) in [5, 5.41) is 20.2. The van der Waals surface area contributed by atoms with Crippen LogP contribution in [0.5, 0.6) is 11.5 Å². The normalized spacial score (nSPS) is 18.2. The fraction of sp³-hybridized carbons (Fsp3) is 0.435. The summed E-state index contributed by atoms with van der Waals surface area (Å²) in [4.78, 5) is 23.0. The Labute approximate surface area is 184 Å². The molecule has 168 valence electrons. The van der Waals surface area contributed by atoms with Crippen molar-refractivity contribution < 1.29 is 28.9 Å². The number of fused-ring (bicyclic) bond motifs is 2. The molecule has 2 aliphatic rings. The second-order valence-corrected chi connectivity index (χ2v) is 8.14. The number of piperidine rings is 1. The molecule has 0 unspecified atom stereocenters. The number of ether oxygens (including phenoxy) is 2. The predicted octanol–water partition coefficient (Wildman–Crippen LogP) is 2.38. The van der Waals surface area contributed by atoms with Gasteiger partial charge in [-0.1, -0.05) is 0 Å². The number of benzene rings is 1. The molecule has 9 nitrogen and oxygen atoms in total. The van der Waals surface area contributed by atoms with Crippen LogP contribution in [0.2, 0.25) is 0 Å². The van der Waals surface area contributed by atoms with Crippen LogP contribution in [0.1, 0.15) is 35.8 Å². The topological polar surface area (TPSA) is 118 Å². The highest BCUT2D eigenvalue weighted by atomic mass is 16.5. The van der Waals surface area contributed by atoms with E-state index in [2.05, 4.69) is 9.97 Å². The number of phenolic OH excluding ortho intramolecular Hbond substituents is 1. The molecule has 1 fully saturated rings. The Morgan fingerprint density at radius 3 is 2.97 bits per heavy atom. The van der Waals surface area contributed by atoms with Gasteiger partial charge in [0.1, 0.15) is 11.5 Å². The Hall–Kier alpha value is -3.17. The van der Waals surface area contributed by atoms with E-state index in [4.69, 9.17) is 13.9 Å². The van der Waals surface area contributed by atoms with Crippen molar-refractivity contribution in [1.82, 2.24) is 14.9 Å². The first-order valence-corrected chi connectivity index (χ1v) is 10.7. The molecule has 1 aromatic carbocycles. The summed E-state index contributed by atoms with van der Waals surface area (Å²) >= 11 is 0. The first-order chi connectivity index (χ1) is 15.6. The summed E-state index contributed by atoms with van der Waals surface area (Å²) < 4.78 is 16.9. The Balaban J connectivity index is 1.51. The Bertz CT molecular complexity index is 1170. The Morgan fingerprint density at radius 1 is 1.28 bits per heavy atom. The number of methoxy groups -OCH3 is 1. The minimum atomic E-state index is -0.0734. The number of aromatic nitrogens is 2. The standard InChI is InChI=1S/C23H25N3O6/c1-30-12-14-10-18-15(6-9-31-18)21(29)20(14)16-3-4-17-22(24-16)25-23(32-17)13-2-5-19(28)26(11-13)7-8-27/h3-4,10,13,27,29H,2,5-9,11-12H2,1H3/t13-/m0/s1. The van der Waals surface area contributed by atoms with Crippen molar-refractivity contribution in [2.75, 3.05) is 33.4 Å². The zero-order valence-electron chi connectivity index (χ0n) is 17.8. The smallest absolute Gasteiger partial charge is 0.222 e. The number of phenols is 1. The lowest BCUT2D eigenvalue weighted by atomic mass is 9.97. The van der Waals surface area contributed by atoms with Crippen LogP contribution < -0.4 is 4.74 Å². The molecule has 32 heavy (non-hydrogen) atoms. The van der Waals surface area contributed by atoms with Crippen LogP contribution in [0, 0.1) is 0 Å². The van der Waals surface area contributed by atoms with E-state index in [0.717, 1.165) is 11.1 Å². The molecule has 0 bridgehead atoms. The van der Waals surface area contributed by atoms with Crippen molar-refractivity contribution in [3.63, 3.8) is 0 Å². The average molecular weight is 439 g/mol. The number of rotatable bonds is 6. The van der Waals surface area contributed by atoms with Gasteiger partial charge in [0.15, 0.2) is 11.2 Å². The highest BCUT2D eigenvalue weighted by Gasteiger charge is 2.30. The third kappa shape index (κ3) is 3.57. The quantitative estimate of drug-likeness (QED) is 0.601. The molecule has 4 heterocycles. The van der Waals surface area contributed by atoms with Crippen molar-refractivity contribution in [2.24, 2.45) is 0 Å². The molecule has 0 aliphatic carbocycles. The number of aliphatic hydroxyl groups excluding tert-OH is 1. The summed E-state index contributed by atoms with van der Waals surface area (Å²) in [7, 11) is 1.60. The number of β-amino-alcohol motifs (C(OH)–C–C–N with tert-alkyl or cyclic N) is 1. The summed E-state index contributed by atoms with van der Waals surface area (Å²) in [6.45, 7) is 1.54. The number of carbonyl (C=O) groups is 1. The van der Waals surface area contributed by atoms with Gasteiger partial charge in [-0.25, -0.2) is 4.98 Å². The van der Waals surface area contributed by atoms with Gasteiger partial charge in [0.25, 0.3) is 0 Å². The summed E-state index contributed by atoms with van der Waals surface area (Å²) in [6.07, 6.45) is 1.68. The van der Waals surface area contributed by atoms with Gasteiger partial charge < -0.3 is 29.0 Å². The number of amides is 1. The molecule has 2 N–H and O–H groups in total. The number of likely N-dealkylation sites (tertiary alicyclic amines) is 1. The van der Waals surface area contributed by atoms with Gasteiger partial charge in [-0.05, 0) is 30.2 Å². The van der Waals surface area contributed by atoms with Gasteiger partial charge >= 0.3 is 0 Å². The first-order valence-electron chi connectivity index (χ1n) is 10.7. The van der Waals surface area contributed by atoms with E-state index in [1.54, 1.807) is 24.1 Å². The zero-order chi connectivity index (χ0) is 22.2. The lowest BCUT2D eigenvalue weighted by Crippen LogP contribution is -2.40. The number of aliphatic hydroxyl groups is 1. The lowest BCUT2D eigenvalue weighted by molar-refractivity contribution is -0.134. The minimum Gasteiger partial charge on any atom is -0.507 e. The van der Waals surface area contributed by atoms with E-state index in [0.29, 0.717) is 79.7 Å². The molecule has 3 aromatic rings. The highest BCUT2D eigenvalue weighted by Crippen LogP contribution is 2.43. The molecule has 1 saturated heterocycles. The van der Waals surface area contributed by atoms with E-state index < -0.39 is 0 Å². The molecular formula is C23H25N3O6. The Morgan fingerprint density at radius 2 is 2.16 bits per heavy atom. The average Bonchev–Trinajstić information content (AvgIpc) is 3.42. The van der Waals surface area contributed by atoms with Crippen LogP contribution in [0.15, 0.2) is 22.6 Å². The van der Waals surface area contributed by atoms with E-state index in [-0.39, 0.29) is 24.2 Å². The molecule has 5 rings (SSSR count). The summed E-state index contributed by atoms with van der Waals surface area (Å²) in [5.74, 6) is 1.36. The predicted molar refractivity (Wildman–Crippen MR) is 114 cm³/mol. The number of aromatic hydroxyl groups is 1. The van der Waals surface area contributed by atoms with Crippen molar-refractivity contribution in [1.29, 1.82) is 0 Å². The monoisotopic (exact) mass is 439 g/mol. The molecule has 9 heteroatoms. The van der Waals surface area contributed by atoms with E-state index in [1.807, 2.05) is 6.07 Å². The summed E-state index contributed by atoms with van der Waals surface area (Å²) in [5.41, 5.74) is 3.75. The Kier molecular flexibility index (Phi) is 5.44. The third-order valence-corrected chi connectivity index (χ3v) is 6.10. The molecule has 0 saturated carbocycles. The van der Waals surface area contributed by atoms with Crippen molar-refractivity contribution in [3.05, 3.63) is 35.2 Å². The third-order valence-electron chi connectivity index (χ3n) is 6.10. The van der Waals surface area contributed by atoms with Crippen LogP contribution in [-0.2, 0) is 22.6 Å². The SMILES string of the molecule is COCc1cc2c(c(O)c1-c1ccc3oc([C@H]4CCC(=O)N(CCO)C4)nc3n1)CCO2. The summed E-state index contributed by atoms with van der Waals surface area (Å²) in [6, 6.07) is 5.50. The maximum absolute atomic E-state index is 12.0. The van der Waals surface area contributed by atoms with Gasteiger partial charge in [-0.15, -0.1) is 0 Å². The largest absolute Gasteiger partial charge is 0.507 e. The fourth-order valence-electron chi connectivity index (χ4n) is 4.53. The number of pyridine rings is 1. The number of hydrogen-bond donors (Lipinski definition) is 2. The molecule has 0 radical (unpaired) electrons. The van der Waals surface area contributed by atoms with Crippen molar-refractivity contribution in [3.8, 4) is 22.8 Å². The fourth-order valence-corrected chi connectivity index (χ4v) is 4.53. The van der Waals surface area contributed by atoms with E-state index in [9.17, 15) is 15.0 Å². The van der Waals surface area contributed by atoms with Crippen molar-refractivity contribution in [2.45, 2.75) is 31.8 Å².